The molecule has 0 atom stereocenters. The third-order valence-corrected chi connectivity index (χ3v) is 4.09. The Morgan fingerprint density at radius 2 is 1.83 bits per heavy atom. The third-order valence-electron chi connectivity index (χ3n) is 4.09. The summed E-state index contributed by atoms with van der Waals surface area (Å²) in [4.78, 5) is 16.0. The molecule has 0 radical (unpaired) electrons. The second-order valence-electron chi connectivity index (χ2n) is 6.36. The van der Waals surface area contributed by atoms with Gasteiger partial charge in [0.1, 0.15) is 19.0 Å². The number of hydrogen-bond donors (Lipinski definition) is 0. The molecule has 6 heteroatoms. The lowest BCUT2D eigenvalue weighted by Crippen LogP contribution is -2.01. The van der Waals surface area contributed by atoms with E-state index < -0.39 is 5.97 Å². The Labute approximate surface area is 174 Å². The molecular formula is C24H22FNO4. The standard InChI is InChI=1S/C24H22FNO4/c1-2-28-23-14-18(7-11-22(23)29-17-20-4-3-13-26-15-20)8-12-24(27)30-16-19-5-9-21(25)10-6-19/h3-15H,2,16-17H2,1H3/b12-8+. The minimum absolute atomic E-state index is 0.0781. The summed E-state index contributed by atoms with van der Waals surface area (Å²) in [5, 5.41) is 0. The van der Waals surface area contributed by atoms with Crippen LogP contribution in [0.3, 0.4) is 0 Å². The molecule has 0 aliphatic carbocycles. The van der Waals surface area contributed by atoms with E-state index in [1.165, 1.54) is 18.2 Å². The molecule has 2 aromatic carbocycles. The van der Waals surface area contributed by atoms with Gasteiger partial charge in [0.05, 0.1) is 6.61 Å². The van der Waals surface area contributed by atoms with Crippen molar-refractivity contribution in [2.24, 2.45) is 0 Å². The molecule has 3 rings (SSSR count). The number of nitrogens with zero attached hydrogens (tertiary/aromatic N) is 1. The number of ether oxygens (including phenoxy) is 3. The van der Waals surface area contributed by atoms with Gasteiger partial charge >= 0.3 is 5.97 Å². The number of benzene rings is 2. The van der Waals surface area contributed by atoms with E-state index in [1.807, 2.05) is 25.1 Å². The molecule has 0 N–H and O–H groups in total. The molecule has 0 aliphatic rings. The van der Waals surface area contributed by atoms with Crippen LogP contribution in [0.1, 0.15) is 23.6 Å². The Hall–Kier alpha value is -3.67. The minimum atomic E-state index is -0.491. The van der Waals surface area contributed by atoms with E-state index in [2.05, 4.69) is 4.98 Å². The van der Waals surface area contributed by atoms with Crippen molar-refractivity contribution in [3.05, 3.63) is 95.6 Å². The van der Waals surface area contributed by atoms with Gasteiger partial charge < -0.3 is 14.2 Å². The molecule has 0 amide bonds. The highest BCUT2D eigenvalue weighted by Gasteiger charge is 2.07. The van der Waals surface area contributed by atoms with Gasteiger partial charge in [0.25, 0.3) is 0 Å². The minimum Gasteiger partial charge on any atom is -0.490 e. The van der Waals surface area contributed by atoms with Gasteiger partial charge in [-0.1, -0.05) is 24.3 Å². The van der Waals surface area contributed by atoms with Crippen LogP contribution in [0.25, 0.3) is 6.08 Å². The number of hydrogen-bond acceptors (Lipinski definition) is 5. The molecule has 0 fully saturated rings. The summed E-state index contributed by atoms with van der Waals surface area (Å²) < 4.78 is 29.6. The average Bonchev–Trinajstić information content (AvgIpc) is 2.77. The van der Waals surface area contributed by atoms with Gasteiger partial charge in [0.2, 0.25) is 0 Å². The fraction of sp³-hybridized carbons (Fsp3) is 0.167. The van der Waals surface area contributed by atoms with Crippen LogP contribution in [-0.2, 0) is 22.7 Å². The van der Waals surface area contributed by atoms with E-state index in [9.17, 15) is 9.18 Å². The maximum Gasteiger partial charge on any atom is 0.331 e. The first-order valence-electron chi connectivity index (χ1n) is 9.52. The molecule has 0 aliphatic heterocycles. The Bertz CT molecular complexity index is 988. The van der Waals surface area contributed by atoms with Crippen LogP contribution in [0.2, 0.25) is 0 Å². The van der Waals surface area contributed by atoms with E-state index in [1.54, 1.807) is 42.7 Å². The molecule has 30 heavy (non-hydrogen) atoms. The van der Waals surface area contributed by atoms with E-state index in [0.717, 1.165) is 11.1 Å². The number of carbonyl (C=O) groups is 1. The molecule has 154 valence electrons. The highest BCUT2D eigenvalue weighted by Crippen LogP contribution is 2.29. The Morgan fingerprint density at radius 3 is 2.57 bits per heavy atom. The number of halogens is 1. The highest BCUT2D eigenvalue weighted by molar-refractivity contribution is 5.87. The lowest BCUT2D eigenvalue weighted by Gasteiger charge is -2.12. The number of aromatic nitrogens is 1. The van der Waals surface area contributed by atoms with Crippen LogP contribution < -0.4 is 9.47 Å². The largest absolute Gasteiger partial charge is 0.490 e. The SMILES string of the molecule is CCOc1cc(/C=C/C(=O)OCc2ccc(F)cc2)ccc1OCc1cccnc1. The number of pyridine rings is 1. The first kappa shape index (κ1) is 21.0. The van der Waals surface area contributed by atoms with Crippen molar-refractivity contribution in [2.45, 2.75) is 20.1 Å². The average molecular weight is 407 g/mol. The summed E-state index contributed by atoms with van der Waals surface area (Å²) in [5.41, 5.74) is 2.44. The molecule has 0 spiro atoms. The van der Waals surface area contributed by atoms with Gasteiger partial charge in [-0.05, 0) is 54.5 Å². The zero-order chi connectivity index (χ0) is 21.2. The smallest absolute Gasteiger partial charge is 0.331 e. The van der Waals surface area contributed by atoms with E-state index >= 15 is 0 Å². The number of esters is 1. The molecule has 0 saturated heterocycles. The van der Waals surface area contributed by atoms with Gasteiger partial charge in [0, 0.05) is 24.0 Å². The summed E-state index contributed by atoms with van der Waals surface area (Å²) in [6.07, 6.45) is 6.43. The van der Waals surface area contributed by atoms with Gasteiger partial charge in [-0.3, -0.25) is 4.98 Å². The van der Waals surface area contributed by atoms with Crippen molar-refractivity contribution < 1.29 is 23.4 Å². The van der Waals surface area contributed by atoms with Crippen molar-refractivity contribution in [2.75, 3.05) is 6.61 Å². The van der Waals surface area contributed by atoms with Crippen LogP contribution >= 0.6 is 0 Å². The fourth-order valence-corrected chi connectivity index (χ4v) is 2.61. The van der Waals surface area contributed by atoms with Crippen LogP contribution in [0.15, 0.2) is 73.1 Å². The number of carbonyl (C=O) groups excluding carboxylic acids is 1. The predicted molar refractivity (Wildman–Crippen MR) is 111 cm³/mol. The zero-order valence-electron chi connectivity index (χ0n) is 16.6. The van der Waals surface area contributed by atoms with Crippen molar-refractivity contribution in [1.29, 1.82) is 0 Å². The van der Waals surface area contributed by atoms with Crippen molar-refractivity contribution in [1.82, 2.24) is 4.98 Å². The Morgan fingerprint density at radius 1 is 1.00 bits per heavy atom. The summed E-state index contributed by atoms with van der Waals surface area (Å²) in [6.45, 7) is 2.82. The Kier molecular flexibility index (Phi) is 7.55. The normalized spacial score (nSPS) is 10.7. The van der Waals surface area contributed by atoms with Gasteiger partial charge in [-0.25, -0.2) is 9.18 Å². The van der Waals surface area contributed by atoms with Gasteiger partial charge in [-0.15, -0.1) is 0 Å². The molecule has 3 aromatic rings. The van der Waals surface area contributed by atoms with Crippen LogP contribution in [0, 0.1) is 5.82 Å². The topological polar surface area (TPSA) is 57.7 Å². The lowest BCUT2D eigenvalue weighted by molar-refractivity contribution is -0.138. The maximum absolute atomic E-state index is 12.9. The van der Waals surface area contributed by atoms with Gasteiger partial charge in [0.15, 0.2) is 11.5 Å². The van der Waals surface area contributed by atoms with Crippen LogP contribution in [-0.4, -0.2) is 17.6 Å². The highest BCUT2D eigenvalue weighted by atomic mass is 19.1. The van der Waals surface area contributed by atoms with E-state index in [0.29, 0.717) is 30.3 Å². The predicted octanol–water partition coefficient (Wildman–Crippen LogP) is 4.96. The second-order valence-corrected chi connectivity index (χ2v) is 6.36. The fourth-order valence-electron chi connectivity index (χ4n) is 2.61. The molecule has 0 unspecified atom stereocenters. The summed E-state index contributed by atoms with van der Waals surface area (Å²) in [6, 6.07) is 15.0. The monoisotopic (exact) mass is 407 g/mol. The van der Waals surface area contributed by atoms with E-state index in [-0.39, 0.29) is 12.4 Å². The first-order chi connectivity index (χ1) is 14.6. The molecule has 0 saturated carbocycles. The summed E-state index contributed by atoms with van der Waals surface area (Å²) in [7, 11) is 0. The first-order valence-corrected chi connectivity index (χ1v) is 9.52. The van der Waals surface area contributed by atoms with E-state index in [4.69, 9.17) is 14.2 Å². The molecule has 5 nitrogen and oxygen atoms in total. The van der Waals surface area contributed by atoms with Crippen molar-refractivity contribution in [3.63, 3.8) is 0 Å². The summed E-state index contributed by atoms with van der Waals surface area (Å²) >= 11 is 0. The Balaban J connectivity index is 1.60. The molecular weight excluding hydrogens is 385 g/mol. The second kappa shape index (κ2) is 10.8. The zero-order valence-corrected chi connectivity index (χ0v) is 16.6. The van der Waals surface area contributed by atoms with Crippen molar-refractivity contribution in [3.8, 4) is 11.5 Å². The van der Waals surface area contributed by atoms with Gasteiger partial charge in [-0.2, -0.15) is 0 Å². The third kappa shape index (κ3) is 6.44. The molecule has 1 aromatic heterocycles. The maximum atomic E-state index is 12.9. The summed E-state index contributed by atoms with van der Waals surface area (Å²) in [5.74, 6) is 0.372. The number of rotatable bonds is 9. The molecule has 0 bridgehead atoms. The lowest BCUT2D eigenvalue weighted by atomic mass is 10.2. The van der Waals surface area contributed by atoms with Crippen LogP contribution in [0.4, 0.5) is 4.39 Å². The van der Waals surface area contributed by atoms with Crippen molar-refractivity contribution >= 4 is 12.0 Å². The molecule has 1 heterocycles. The van der Waals surface area contributed by atoms with Crippen LogP contribution in [0.5, 0.6) is 11.5 Å². The quantitative estimate of drug-likeness (QED) is 0.371.